The molecule has 0 spiro atoms. The lowest BCUT2D eigenvalue weighted by Gasteiger charge is -2.32. The van der Waals surface area contributed by atoms with Crippen LogP contribution in [0.1, 0.15) is 13.3 Å². The highest BCUT2D eigenvalue weighted by Gasteiger charge is 2.20. The van der Waals surface area contributed by atoms with Crippen LogP contribution in [0.3, 0.4) is 0 Å². The van der Waals surface area contributed by atoms with E-state index >= 15 is 0 Å². The maximum absolute atomic E-state index is 12.4. The van der Waals surface area contributed by atoms with Gasteiger partial charge in [0.25, 0.3) is 11.1 Å². The van der Waals surface area contributed by atoms with Gasteiger partial charge in [0, 0.05) is 32.1 Å². The number of benzene rings is 1. The van der Waals surface area contributed by atoms with E-state index in [2.05, 4.69) is 10.4 Å². The first kappa shape index (κ1) is 15.5. The molecule has 1 aromatic heterocycles. The maximum Gasteiger partial charge on any atom is 0.273 e. The van der Waals surface area contributed by atoms with E-state index in [1.165, 1.54) is 4.68 Å². The van der Waals surface area contributed by atoms with E-state index in [9.17, 15) is 14.4 Å². The minimum absolute atomic E-state index is 0.000687. The lowest BCUT2D eigenvalue weighted by Crippen LogP contribution is -2.51. The van der Waals surface area contributed by atoms with Gasteiger partial charge in [-0.15, -0.1) is 0 Å². The first-order valence-corrected chi connectivity index (χ1v) is 7.79. The monoisotopic (exact) mass is 316 g/mol. The third kappa shape index (κ3) is 3.19. The summed E-state index contributed by atoms with van der Waals surface area (Å²) in [7, 11) is 0. The zero-order valence-corrected chi connectivity index (χ0v) is 13.0. The molecule has 2 N–H and O–H groups in total. The highest BCUT2D eigenvalue weighted by molar-refractivity contribution is 5.80. The van der Waals surface area contributed by atoms with Gasteiger partial charge >= 0.3 is 0 Å². The SMILES string of the molecule is CC1CN(C(=O)CCn2[nH]c(=O)c3ccccc3c2=O)CCN1. The van der Waals surface area contributed by atoms with Gasteiger partial charge in [-0.3, -0.25) is 19.5 Å². The normalized spacial score (nSPS) is 18.3. The number of hydrogen-bond donors (Lipinski definition) is 2. The highest BCUT2D eigenvalue weighted by atomic mass is 16.2. The number of carbonyl (C=O) groups excluding carboxylic acids is 1. The van der Waals surface area contributed by atoms with E-state index in [4.69, 9.17) is 0 Å². The van der Waals surface area contributed by atoms with Crippen LogP contribution in [0.15, 0.2) is 33.9 Å². The summed E-state index contributed by atoms with van der Waals surface area (Å²) in [6.45, 7) is 4.33. The molecule has 1 unspecified atom stereocenters. The molecule has 3 rings (SSSR count). The molecule has 1 aliphatic rings. The minimum Gasteiger partial charge on any atom is -0.340 e. The number of amides is 1. The Morgan fingerprint density at radius 3 is 2.74 bits per heavy atom. The molecule has 122 valence electrons. The van der Waals surface area contributed by atoms with E-state index in [1.54, 1.807) is 29.2 Å². The molecule has 23 heavy (non-hydrogen) atoms. The Balaban J connectivity index is 1.77. The van der Waals surface area contributed by atoms with Crippen molar-refractivity contribution in [1.82, 2.24) is 20.0 Å². The molecule has 1 saturated heterocycles. The number of fused-ring (bicyclic) bond motifs is 1. The molecule has 2 aromatic rings. The molecule has 2 heterocycles. The molecule has 1 aliphatic heterocycles. The predicted molar refractivity (Wildman–Crippen MR) is 87.5 cm³/mol. The van der Waals surface area contributed by atoms with Gasteiger partial charge in [0.1, 0.15) is 0 Å². The van der Waals surface area contributed by atoms with Crippen LogP contribution < -0.4 is 16.4 Å². The first-order valence-electron chi connectivity index (χ1n) is 7.79. The number of aromatic nitrogens is 2. The second-order valence-corrected chi connectivity index (χ2v) is 5.89. The molecule has 0 radical (unpaired) electrons. The van der Waals surface area contributed by atoms with Crippen LogP contribution in [0.25, 0.3) is 10.8 Å². The van der Waals surface area contributed by atoms with E-state index in [0.29, 0.717) is 23.9 Å². The third-order valence-electron chi connectivity index (χ3n) is 4.15. The summed E-state index contributed by atoms with van der Waals surface area (Å²) in [4.78, 5) is 38.5. The number of H-pyrrole nitrogens is 1. The van der Waals surface area contributed by atoms with Crippen LogP contribution in [-0.4, -0.2) is 46.3 Å². The summed E-state index contributed by atoms with van der Waals surface area (Å²) in [6.07, 6.45) is 0.195. The van der Waals surface area contributed by atoms with Crippen molar-refractivity contribution in [3.8, 4) is 0 Å². The number of piperazine rings is 1. The molecule has 0 saturated carbocycles. The van der Waals surface area contributed by atoms with Crippen LogP contribution in [-0.2, 0) is 11.3 Å². The Morgan fingerprint density at radius 2 is 2.00 bits per heavy atom. The summed E-state index contributed by atoms with van der Waals surface area (Å²) in [5.74, 6) is -0.000687. The van der Waals surface area contributed by atoms with Crippen molar-refractivity contribution >= 4 is 16.7 Å². The summed E-state index contributed by atoms with van der Waals surface area (Å²) in [5.41, 5.74) is -0.592. The number of aryl methyl sites for hydroxylation is 1. The number of nitrogens with zero attached hydrogens (tertiary/aromatic N) is 2. The fraction of sp³-hybridized carbons (Fsp3) is 0.438. The van der Waals surface area contributed by atoms with Crippen molar-refractivity contribution < 1.29 is 4.79 Å². The van der Waals surface area contributed by atoms with Crippen molar-refractivity contribution in [2.75, 3.05) is 19.6 Å². The number of rotatable bonds is 3. The Kier molecular flexibility index (Phi) is 4.29. The third-order valence-corrected chi connectivity index (χ3v) is 4.15. The van der Waals surface area contributed by atoms with Crippen LogP contribution in [0, 0.1) is 0 Å². The minimum atomic E-state index is -0.316. The van der Waals surface area contributed by atoms with Crippen molar-refractivity contribution in [3.63, 3.8) is 0 Å². The molecule has 0 aliphatic carbocycles. The average molecular weight is 316 g/mol. The number of nitrogens with one attached hydrogen (secondary N) is 2. The van der Waals surface area contributed by atoms with Crippen LogP contribution in [0.4, 0.5) is 0 Å². The zero-order valence-electron chi connectivity index (χ0n) is 13.0. The van der Waals surface area contributed by atoms with Crippen molar-refractivity contribution in [2.45, 2.75) is 25.9 Å². The zero-order chi connectivity index (χ0) is 16.4. The predicted octanol–water partition coefficient (Wildman–Crippen LogP) is -0.0998. The molecule has 0 bridgehead atoms. The highest BCUT2D eigenvalue weighted by Crippen LogP contribution is 2.04. The molecule has 1 aromatic carbocycles. The van der Waals surface area contributed by atoms with Gasteiger partial charge in [0.2, 0.25) is 5.91 Å². The Morgan fingerprint density at radius 1 is 1.26 bits per heavy atom. The van der Waals surface area contributed by atoms with E-state index < -0.39 is 0 Å². The largest absolute Gasteiger partial charge is 0.340 e. The lowest BCUT2D eigenvalue weighted by molar-refractivity contribution is -0.132. The van der Waals surface area contributed by atoms with Gasteiger partial charge in [-0.2, -0.15) is 0 Å². The van der Waals surface area contributed by atoms with Gasteiger partial charge in [-0.25, -0.2) is 4.68 Å². The van der Waals surface area contributed by atoms with Gasteiger partial charge in [-0.05, 0) is 19.1 Å². The van der Waals surface area contributed by atoms with E-state index in [0.717, 1.165) is 6.54 Å². The number of carbonyl (C=O) groups is 1. The fourth-order valence-electron chi connectivity index (χ4n) is 2.93. The molecular weight excluding hydrogens is 296 g/mol. The van der Waals surface area contributed by atoms with Crippen molar-refractivity contribution in [1.29, 1.82) is 0 Å². The van der Waals surface area contributed by atoms with Gasteiger partial charge in [-0.1, -0.05) is 12.1 Å². The standard InChI is InChI=1S/C16H20N4O3/c1-11-10-19(9-7-17-11)14(21)6-8-20-16(23)13-5-3-2-4-12(13)15(22)18-20/h2-5,11,17H,6-10H2,1H3,(H,18,22). The van der Waals surface area contributed by atoms with Crippen LogP contribution in [0.5, 0.6) is 0 Å². The fourth-order valence-corrected chi connectivity index (χ4v) is 2.93. The van der Waals surface area contributed by atoms with Crippen molar-refractivity contribution in [3.05, 3.63) is 45.0 Å². The molecular formula is C16H20N4O3. The Labute approximate surface area is 132 Å². The topological polar surface area (TPSA) is 87.2 Å². The van der Waals surface area contributed by atoms with E-state index in [1.807, 2.05) is 6.92 Å². The number of aromatic amines is 1. The Bertz CT molecular complexity index is 839. The second-order valence-electron chi connectivity index (χ2n) is 5.89. The summed E-state index contributed by atoms with van der Waals surface area (Å²) in [5, 5.41) is 6.58. The van der Waals surface area contributed by atoms with Gasteiger partial charge < -0.3 is 10.2 Å². The average Bonchev–Trinajstić information content (AvgIpc) is 2.56. The molecule has 1 amide bonds. The van der Waals surface area contributed by atoms with Crippen LogP contribution in [0.2, 0.25) is 0 Å². The lowest BCUT2D eigenvalue weighted by atomic mass is 10.2. The summed E-state index contributed by atoms with van der Waals surface area (Å²) >= 11 is 0. The van der Waals surface area contributed by atoms with Crippen LogP contribution >= 0.6 is 0 Å². The molecule has 1 fully saturated rings. The van der Waals surface area contributed by atoms with Gasteiger partial charge in [0.05, 0.1) is 17.3 Å². The van der Waals surface area contributed by atoms with Crippen molar-refractivity contribution in [2.24, 2.45) is 0 Å². The van der Waals surface area contributed by atoms with E-state index in [-0.39, 0.29) is 36.0 Å². The molecule has 1 atom stereocenters. The van der Waals surface area contributed by atoms with Gasteiger partial charge in [0.15, 0.2) is 0 Å². The quantitative estimate of drug-likeness (QED) is 0.828. The Hall–Kier alpha value is -2.41. The summed E-state index contributed by atoms with van der Waals surface area (Å²) in [6, 6.07) is 6.96. The second kappa shape index (κ2) is 6.37. The first-order chi connectivity index (χ1) is 11.1. The maximum atomic E-state index is 12.4. The molecule has 7 heteroatoms. The smallest absolute Gasteiger partial charge is 0.273 e. The summed E-state index contributed by atoms with van der Waals surface area (Å²) < 4.78 is 1.23. The molecule has 7 nitrogen and oxygen atoms in total. The number of hydrogen-bond acceptors (Lipinski definition) is 4.